The van der Waals surface area contributed by atoms with E-state index in [-0.39, 0.29) is 0 Å². The molecule has 3 aromatic heterocycles. The van der Waals surface area contributed by atoms with Gasteiger partial charge in [-0.15, -0.1) is 0 Å². The fourth-order valence-corrected chi connectivity index (χ4v) is 8.20. The van der Waals surface area contributed by atoms with Gasteiger partial charge in [0.05, 0.1) is 16.6 Å². The Morgan fingerprint density at radius 1 is 0.308 bits per heavy atom. The summed E-state index contributed by atoms with van der Waals surface area (Å²) in [6.45, 7) is 0. The molecule has 0 spiro atoms. The van der Waals surface area contributed by atoms with Gasteiger partial charge in [-0.2, -0.15) is 13.2 Å². The molecule has 0 N–H and O–H groups in total. The van der Waals surface area contributed by atoms with E-state index < -0.39 is 11.7 Å². The van der Waals surface area contributed by atoms with Crippen LogP contribution in [0.5, 0.6) is 0 Å². The maximum atomic E-state index is 13.9. The van der Waals surface area contributed by atoms with Gasteiger partial charge in [0.1, 0.15) is 0 Å². The summed E-state index contributed by atoms with van der Waals surface area (Å²) in [5, 5.41) is 1.97. The highest BCUT2D eigenvalue weighted by Gasteiger charge is 2.30. The Kier molecular flexibility index (Phi) is 9.81. The molecule has 0 aliphatic heterocycles. The molecule has 0 saturated carbocycles. The van der Waals surface area contributed by atoms with Crippen LogP contribution in [0.3, 0.4) is 0 Å². The van der Waals surface area contributed by atoms with Crippen molar-refractivity contribution in [3.63, 3.8) is 0 Å². The van der Waals surface area contributed by atoms with E-state index in [1.54, 1.807) is 0 Å². The van der Waals surface area contributed by atoms with Crippen molar-refractivity contribution in [1.82, 2.24) is 34.5 Å². The number of hydrogen-bond acceptors (Lipinski definition) is 6. The molecule has 0 amide bonds. The van der Waals surface area contributed by atoms with Gasteiger partial charge in [0.25, 0.3) is 0 Å². The lowest BCUT2D eigenvalue weighted by molar-refractivity contribution is -0.137. The van der Waals surface area contributed by atoms with Gasteiger partial charge in [-0.05, 0) is 65.7 Å². The van der Waals surface area contributed by atoms with Gasteiger partial charge in [0.2, 0.25) is 0 Å². The highest BCUT2D eigenvalue weighted by atomic mass is 19.4. The number of nitrogens with zero attached hydrogens (tertiary/aromatic N) is 7. The first kappa shape index (κ1) is 39.2. The minimum Gasteiger partial charge on any atom is -0.309 e. The summed E-state index contributed by atoms with van der Waals surface area (Å²) >= 11 is 0. The molecule has 0 unspecified atom stereocenters. The largest absolute Gasteiger partial charge is 0.416 e. The maximum absolute atomic E-state index is 13.9. The molecular formula is C55H34F3N7. The highest BCUT2D eigenvalue weighted by Crippen LogP contribution is 2.40. The molecule has 0 aliphatic carbocycles. The van der Waals surface area contributed by atoms with Gasteiger partial charge in [0.15, 0.2) is 34.9 Å². The van der Waals surface area contributed by atoms with Gasteiger partial charge in [0, 0.05) is 49.8 Å². The lowest BCUT2D eigenvalue weighted by atomic mass is 9.97. The van der Waals surface area contributed by atoms with Crippen LogP contribution in [-0.4, -0.2) is 34.5 Å². The summed E-state index contributed by atoms with van der Waals surface area (Å²) in [6.07, 6.45) is -4.50. The zero-order chi connectivity index (χ0) is 43.9. The number of aromatic nitrogens is 7. The van der Waals surface area contributed by atoms with Crippen molar-refractivity contribution in [2.24, 2.45) is 0 Å². The minimum atomic E-state index is -4.50. The number of hydrogen-bond donors (Lipinski definition) is 0. The third-order valence-electron chi connectivity index (χ3n) is 11.4. The van der Waals surface area contributed by atoms with E-state index >= 15 is 0 Å². The average molecular weight is 850 g/mol. The van der Waals surface area contributed by atoms with Crippen LogP contribution in [0.4, 0.5) is 13.2 Å². The van der Waals surface area contributed by atoms with Crippen LogP contribution in [-0.2, 0) is 6.18 Å². The SMILES string of the molecule is FC(F)(F)c1ccc(-c2cc(-n3c4ccccc4c4cc(-c5nc(-c6ccccc6)nc(-c6ccccc6)n5)ccc43)ccc2-c2nc(-c3ccccc3)nc(-c3ccccc3)n2)cc1. The molecular weight excluding hydrogens is 816 g/mol. The summed E-state index contributed by atoms with van der Waals surface area (Å²) in [5.41, 5.74) is 7.93. The standard InChI is InChI=1S/C55H34F3N7/c56-55(57,58)41-28-25-35(26-29-41)45-34-42(30-31-44(45)54-63-51(38-19-9-3-10-20-38)60-52(64-54)39-21-11-4-12-22-39)65-47-24-14-13-23-43(47)46-33-40(27-32-48(46)65)53-61-49(36-15-5-1-6-16-36)59-50(62-53)37-17-7-2-8-18-37/h1-34H. The third-order valence-corrected chi connectivity index (χ3v) is 11.4. The van der Waals surface area contributed by atoms with Crippen molar-refractivity contribution >= 4 is 21.8 Å². The average Bonchev–Trinajstić information content (AvgIpc) is 3.70. The molecule has 65 heavy (non-hydrogen) atoms. The molecule has 11 aromatic rings. The number of rotatable bonds is 8. The first-order chi connectivity index (χ1) is 31.8. The van der Waals surface area contributed by atoms with E-state index in [9.17, 15) is 13.2 Å². The lowest BCUT2D eigenvalue weighted by Gasteiger charge is -2.16. The molecule has 0 atom stereocenters. The molecule has 0 aliphatic rings. The van der Waals surface area contributed by atoms with Crippen LogP contribution >= 0.6 is 0 Å². The second-order valence-electron chi connectivity index (χ2n) is 15.5. The molecule has 0 radical (unpaired) electrons. The zero-order valence-corrected chi connectivity index (χ0v) is 34.4. The van der Waals surface area contributed by atoms with Crippen molar-refractivity contribution < 1.29 is 13.2 Å². The number of para-hydroxylation sites is 1. The van der Waals surface area contributed by atoms with E-state index in [1.165, 1.54) is 12.1 Å². The number of fused-ring (bicyclic) bond motifs is 3. The fourth-order valence-electron chi connectivity index (χ4n) is 8.20. The molecule has 10 heteroatoms. The number of benzene rings is 8. The maximum Gasteiger partial charge on any atom is 0.416 e. The van der Waals surface area contributed by atoms with Crippen molar-refractivity contribution in [3.05, 3.63) is 212 Å². The monoisotopic (exact) mass is 849 g/mol. The van der Waals surface area contributed by atoms with Crippen LogP contribution in [0.15, 0.2) is 206 Å². The zero-order valence-electron chi connectivity index (χ0n) is 34.4. The Hall–Kier alpha value is -8.63. The second-order valence-corrected chi connectivity index (χ2v) is 15.5. The van der Waals surface area contributed by atoms with Crippen LogP contribution in [0.25, 0.3) is 107 Å². The van der Waals surface area contributed by atoms with E-state index in [1.807, 2.05) is 158 Å². The highest BCUT2D eigenvalue weighted by molar-refractivity contribution is 6.10. The molecule has 3 heterocycles. The minimum absolute atomic E-state index is 0.383. The van der Waals surface area contributed by atoms with E-state index in [2.05, 4.69) is 28.8 Å². The molecule has 0 fully saturated rings. The molecule has 0 saturated heterocycles. The number of halogens is 3. The van der Waals surface area contributed by atoms with E-state index in [0.717, 1.165) is 67.4 Å². The Balaban J connectivity index is 1.10. The van der Waals surface area contributed by atoms with Gasteiger partial charge in [-0.1, -0.05) is 152 Å². The van der Waals surface area contributed by atoms with Crippen LogP contribution in [0.2, 0.25) is 0 Å². The Morgan fingerprint density at radius 3 is 1.22 bits per heavy atom. The van der Waals surface area contributed by atoms with E-state index in [4.69, 9.17) is 29.9 Å². The lowest BCUT2D eigenvalue weighted by Crippen LogP contribution is -2.04. The predicted octanol–water partition coefficient (Wildman–Crippen LogP) is 13.8. The summed E-state index contributed by atoms with van der Waals surface area (Å²) in [6, 6.07) is 64.5. The summed E-state index contributed by atoms with van der Waals surface area (Å²) in [4.78, 5) is 29.7. The van der Waals surface area contributed by atoms with Crippen molar-refractivity contribution in [2.45, 2.75) is 6.18 Å². The van der Waals surface area contributed by atoms with Crippen molar-refractivity contribution in [1.29, 1.82) is 0 Å². The summed E-state index contributed by atoms with van der Waals surface area (Å²) < 4.78 is 43.9. The molecule has 11 rings (SSSR count). The van der Waals surface area contributed by atoms with Crippen LogP contribution < -0.4 is 0 Å². The quantitative estimate of drug-likeness (QED) is 0.151. The van der Waals surface area contributed by atoms with Crippen molar-refractivity contribution in [3.8, 4) is 85.1 Å². The fraction of sp³-hybridized carbons (Fsp3) is 0.0182. The third kappa shape index (κ3) is 7.57. The molecule has 0 bridgehead atoms. The number of alkyl halides is 3. The summed E-state index contributed by atoms with van der Waals surface area (Å²) in [5.74, 6) is 3.00. The normalized spacial score (nSPS) is 11.6. The first-order valence-corrected chi connectivity index (χ1v) is 20.9. The van der Waals surface area contributed by atoms with Gasteiger partial charge in [-0.3, -0.25) is 0 Å². The Labute approximate surface area is 371 Å². The Bertz CT molecular complexity index is 3390. The predicted molar refractivity (Wildman–Crippen MR) is 251 cm³/mol. The first-order valence-electron chi connectivity index (χ1n) is 20.9. The van der Waals surface area contributed by atoms with Gasteiger partial charge >= 0.3 is 6.18 Å². The van der Waals surface area contributed by atoms with Gasteiger partial charge in [-0.25, -0.2) is 29.9 Å². The topological polar surface area (TPSA) is 82.3 Å². The smallest absolute Gasteiger partial charge is 0.309 e. The second kappa shape index (κ2) is 16.2. The Morgan fingerprint density at radius 2 is 0.723 bits per heavy atom. The van der Waals surface area contributed by atoms with Crippen LogP contribution in [0, 0.1) is 0 Å². The van der Waals surface area contributed by atoms with Crippen LogP contribution in [0.1, 0.15) is 5.56 Å². The van der Waals surface area contributed by atoms with Crippen molar-refractivity contribution in [2.75, 3.05) is 0 Å². The van der Waals surface area contributed by atoms with Gasteiger partial charge < -0.3 is 4.57 Å². The molecule has 8 aromatic carbocycles. The molecule has 310 valence electrons. The van der Waals surface area contributed by atoms with E-state index in [0.29, 0.717) is 51.6 Å². The molecule has 7 nitrogen and oxygen atoms in total. The summed E-state index contributed by atoms with van der Waals surface area (Å²) in [7, 11) is 0.